The molecule has 64 valence electrons. The molecule has 12 heavy (non-hydrogen) atoms. The second-order valence-corrected chi connectivity index (χ2v) is 3.37. The van der Waals surface area contributed by atoms with E-state index in [4.69, 9.17) is 5.26 Å². The largest absolute Gasteiger partial charge is 0.386 e. The number of nitrogens with one attached hydrogen (secondary N) is 1. The number of likely N-dealkylation sites (N-methyl/N-ethyl adjacent to an activating group) is 1. The highest BCUT2D eigenvalue weighted by molar-refractivity contribution is 7.10. The van der Waals surface area contributed by atoms with Crippen molar-refractivity contribution >= 4 is 11.3 Å². The fourth-order valence-corrected chi connectivity index (χ4v) is 1.70. The lowest BCUT2D eigenvalue weighted by Crippen LogP contribution is -2.15. The summed E-state index contributed by atoms with van der Waals surface area (Å²) in [7, 11) is 1.78. The van der Waals surface area contributed by atoms with Crippen LogP contribution in [0.4, 0.5) is 0 Å². The van der Waals surface area contributed by atoms with E-state index in [1.807, 2.05) is 6.07 Å². The normalized spacial score (nSPS) is 12.4. The van der Waals surface area contributed by atoms with E-state index in [0.29, 0.717) is 12.1 Å². The quantitative estimate of drug-likeness (QED) is 0.729. The summed E-state index contributed by atoms with van der Waals surface area (Å²) in [5.41, 5.74) is 0.616. The van der Waals surface area contributed by atoms with Crippen LogP contribution in [0, 0.1) is 11.3 Å². The molecular formula is C8H10N2OS. The van der Waals surface area contributed by atoms with Crippen molar-refractivity contribution < 1.29 is 5.11 Å². The molecule has 0 radical (unpaired) electrons. The van der Waals surface area contributed by atoms with Gasteiger partial charge >= 0.3 is 0 Å². The molecule has 0 fully saturated rings. The Morgan fingerprint density at radius 3 is 3.08 bits per heavy atom. The summed E-state index contributed by atoms with van der Waals surface area (Å²) < 4.78 is 0. The highest BCUT2D eigenvalue weighted by Crippen LogP contribution is 2.20. The molecule has 0 aromatic carbocycles. The van der Waals surface area contributed by atoms with E-state index in [2.05, 4.69) is 5.32 Å². The summed E-state index contributed by atoms with van der Waals surface area (Å²) in [4.78, 5) is 0.834. The van der Waals surface area contributed by atoms with Gasteiger partial charge in [-0.1, -0.05) is 0 Å². The molecule has 0 aliphatic heterocycles. The van der Waals surface area contributed by atoms with Gasteiger partial charge in [-0.3, -0.25) is 0 Å². The number of aliphatic hydroxyl groups is 1. The molecule has 4 heteroatoms. The van der Waals surface area contributed by atoms with Crippen LogP contribution < -0.4 is 5.32 Å². The van der Waals surface area contributed by atoms with Crippen LogP contribution in [0.1, 0.15) is 16.5 Å². The molecule has 2 N–H and O–H groups in total. The van der Waals surface area contributed by atoms with Gasteiger partial charge in [0.25, 0.3) is 0 Å². The van der Waals surface area contributed by atoms with Crippen LogP contribution in [0.15, 0.2) is 11.4 Å². The first-order valence-corrected chi connectivity index (χ1v) is 4.47. The van der Waals surface area contributed by atoms with Crippen molar-refractivity contribution in [3.05, 3.63) is 21.9 Å². The van der Waals surface area contributed by atoms with Crippen molar-refractivity contribution in [2.75, 3.05) is 13.6 Å². The van der Waals surface area contributed by atoms with Crippen LogP contribution >= 0.6 is 11.3 Å². The monoisotopic (exact) mass is 182 g/mol. The van der Waals surface area contributed by atoms with Crippen LogP contribution in [-0.2, 0) is 0 Å². The van der Waals surface area contributed by atoms with Crippen LogP contribution in [0.5, 0.6) is 0 Å². The summed E-state index contributed by atoms with van der Waals surface area (Å²) in [6.07, 6.45) is -0.498. The molecule has 1 atom stereocenters. The Kier molecular flexibility index (Phi) is 3.23. The third-order valence-electron chi connectivity index (χ3n) is 1.47. The third kappa shape index (κ3) is 2.05. The zero-order valence-electron chi connectivity index (χ0n) is 6.74. The van der Waals surface area contributed by atoms with Gasteiger partial charge in [0.15, 0.2) is 0 Å². The van der Waals surface area contributed by atoms with Crippen LogP contribution in [0.25, 0.3) is 0 Å². The molecule has 0 bridgehead atoms. The van der Waals surface area contributed by atoms with Gasteiger partial charge in [-0.15, -0.1) is 11.3 Å². The minimum absolute atomic E-state index is 0.498. The molecule has 1 aromatic rings. The Labute approximate surface area is 75.3 Å². The highest BCUT2D eigenvalue weighted by atomic mass is 32.1. The smallest absolute Gasteiger partial charge is 0.101 e. The van der Waals surface area contributed by atoms with Gasteiger partial charge in [0.05, 0.1) is 5.56 Å². The van der Waals surface area contributed by atoms with Gasteiger partial charge in [-0.05, 0) is 13.1 Å². The molecule has 3 nitrogen and oxygen atoms in total. The number of thiophene rings is 1. The molecule has 0 aliphatic carbocycles. The van der Waals surface area contributed by atoms with Crippen LogP contribution in [-0.4, -0.2) is 18.7 Å². The van der Waals surface area contributed by atoms with Crippen molar-refractivity contribution in [2.45, 2.75) is 6.10 Å². The Hall–Kier alpha value is -0.890. The van der Waals surface area contributed by atoms with Crippen LogP contribution in [0.2, 0.25) is 0 Å². The Bertz CT molecular complexity index is 289. The second-order valence-electron chi connectivity index (χ2n) is 2.42. The van der Waals surface area contributed by atoms with E-state index in [1.165, 1.54) is 11.3 Å². The van der Waals surface area contributed by atoms with Gasteiger partial charge in [-0.25, -0.2) is 0 Å². The zero-order chi connectivity index (χ0) is 8.97. The van der Waals surface area contributed by atoms with E-state index in [1.54, 1.807) is 18.5 Å². The third-order valence-corrected chi connectivity index (χ3v) is 2.51. The summed E-state index contributed by atoms with van der Waals surface area (Å²) in [5, 5.41) is 22.6. The first kappa shape index (κ1) is 9.20. The first-order valence-electron chi connectivity index (χ1n) is 3.59. The van der Waals surface area contributed by atoms with Gasteiger partial charge in [0, 0.05) is 16.8 Å². The zero-order valence-corrected chi connectivity index (χ0v) is 7.56. The van der Waals surface area contributed by atoms with Crippen molar-refractivity contribution in [2.24, 2.45) is 0 Å². The fourth-order valence-electron chi connectivity index (χ4n) is 0.880. The average molecular weight is 182 g/mol. The van der Waals surface area contributed by atoms with E-state index >= 15 is 0 Å². The summed E-state index contributed by atoms with van der Waals surface area (Å²) in [6, 6.07) is 3.74. The van der Waals surface area contributed by atoms with Crippen molar-refractivity contribution in [3.63, 3.8) is 0 Å². The number of hydrogen-bond acceptors (Lipinski definition) is 4. The average Bonchev–Trinajstić information content (AvgIpc) is 2.52. The Morgan fingerprint density at radius 2 is 2.58 bits per heavy atom. The van der Waals surface area contributed by atoms with Crippen LogP contribution in [0.3, 0.4) is 0 Å². The van der Waals surface area contributed by atoms with E-state index in [0.717, 1.165) is 4.88 Å². The SMILES string of the molecule is CNCC(O)c1cc(C#N)cs1. The van der Waals surface area contributed by atoms with Gasteiger partial charge in [0.1, 0.15) is 12.2 Å². The number of nitrogens with zero attached hydrogens (tertiary/aromatic N) is 1. The molecule has 0 saturated heterocycles. The molecule has 1 unspecified atom stereocenters. The molecule has 0 amide bonds. The highest BCUT2D eigenvalue weighted by Gasteiger charge is 2.08. The lowest BCUT2D eigenvalue weighted by molar-refractivity contribution is 0.181. The van der Waals surface area contributed by atoms with Gasteiger partial charge < -0.3 is 10.4 Å². The lowest BCUT2D eigenvalue weighted by atomic mass is 10.2. The molecule has 0 saturated carbocycles. The van der Waals surface area contributed by atoms with Crippen molar-refractivity contribution in [3.8, 4) is 6.07 Å². The fraction of sp³-hybridized carbons (Fsp3) is 0.375. The summed E-state index contributed by atoms with van der Waals surface area (Å²) in [5.74, 6) is 0. The number of hydrogen-bond donors (Lipinski definition) is 2. The van der Waals surface area contributed by atoms with Crippen molar-refractivity contribution in [1.29, 1.82) is 5.26 Å². The predicted molar refractivity (Wildman–Crippen MR) is 47.9 cm³/mol. The topological polar surface area (TPSA) is 56.0 Å². The lowest BCUT2D eigenvalue weighted by Gasteiger charge is -2.05. The maximum atomic E-state index is 9.47. The molecule has 1 rings (SSSR count). The number of nitriles is 1. The Balaban J connectivity index is 2.69. The molecule has 1 aromatic heterocycles. The van der Waals surface area contributed by atoms with E-state index in [-0.39, 0.29) is 0 Å². The second kappa shape index (κ2) is 4.21. The van der Waals surface area contributed by atoms with E-state index in [9.17, 15) is 5.11 Å². The minimum Gasteiger partial charge on any atom is -0.386 e. The molecule has 1 heterocycles. The molecular weight excluding hydrogens is 172 g/mol. The standard InChI is InChI=1S/C8H10N2OS/c1-10-4-7(11)8-2-6(3-9)5-12-8/h2,5,7,10-11H,4H2,1H3. The predicted octanol–water partition coefficient (Wildman–Crippen LogP) is 0.873. The van der Waals surface area contributed by atoms with Crippen molar-refractivity contribution in [1.82, 2.24) is 5.32 Å². The number of rotatable bonds is 3. The Morgan fingerprint density at radius 1 is 1.83 bits per heavy atom. The summed E-state index contributed by atoms with van der Waals surface area (Å²) in [6.45, 7) is 0.519. The first-order chi connectivity index (χ1) is 5.77. The van der Waals surface area contributed by atoms with Gasteiger partial charge in [-0.2, -0.15) is 5.26 Å². The summed E-state index contributed by atoms with van der Waals surface area (Å²) >= 11 is 1.41. The van der Waals surface area contributed by atoms with Gasteiger partial charge in [0.2, 0.25) is 0 Å². The molecule has 0 spiro atoms. The minimum atomic E-state index is -0.498. The maximum absolute atomic E-state index is 9.47. The molecule has 0 aliphatic rings. The number of aliphatic hydroxyl groups excluding tert-OH is 1. The van der Waals surface area contributed by atoms with E-state index < -0.39 is 6.10 Å². The maximum Gasteiger partial charge on any atom is 0.101 e.